The molecule has 0 atom stereocenters. The molecule has 0 saturated heterocycles. The van der Waals surface area contributed by atoms with Crippen molar-refractivity contribution in [1.29, 1.82) is 0 Å². The van der Waals surface area contributed by atoms with E-state index in [0.717, 1.165) is 0 Å². The Morgan fingerprint density at radius 3 is 2.79 bits per heavy atom. The third kappa shape index (κ3) is 3.34. The molecule has 28 heavy (non-hydrogen) atoms. The topological polar surface area (TPSA) is 78.7 Å². The van der Waals surface area contributed by atoms with Crippen LogP contribution in [-0.4, -0.2) is 41.7 Å². The molecule has 1 amide bonds. The molecule has 8 nitrogen and oxygen atoms in total. The number of aromatic nitrogens is 3. The van der Waals surface area contributed by atoms with Gasteiger partial charge in [-0.05, 0) is 30.3 Å². The zero-order chi connectivity index (χ0) is 19.7. The van der Waals surface area contributed by atoms with Crippen molar-refractivity contribution in [3.05, 3.63) is 53.3 Å². The Balaban J connectivity index is 1.65. The van der Waals surface area contributed by atoms with Gasteiger partial charge in [0.25, 0.3) is 5.91 Å². The fourth-order valence-corrected chi connectivity index (χ4v) is 3.14. The maximum atomic E-state index is 12.4. The van der Waals surface area contributed by atoms with Gasteiger partial charge in [0.05, 0.1) is 32.6 Å². The van der Waals surface area contributed by atoms with Crippen LogP contribution in [0.15, 0.2) is 42.6 Å². The molecule has 0 aliphatic carbocycles. The van der Waals surface area contributed by atoms with Crippen LogP contribution >= 0.6 is 11.6 Å². The average molecular weight is 401 g/mol. The summed E-state index contributed by atoms with van der Waals surface area (Å²) in [4.78, 5) is 14.0. The highest BCUT2D eigenvalue weighted by molar-refractivity contribution is 6.31. The van der Waals surface area contributed by atoms with Crippen LogP contribution in [0.2, 0.25) is 5.02 Å². The Morgan fingerprint density at radius 2 is 2.00 bits per heavy atom. The molecule has 0 spiro atoms. The third-order valence-electron chi connectivity index (χ3n) is 4.36. The van der Waals surface area contributed by atoms with E-state index in [0.29, 0.717) is 39.3 Å². The van der Waals surface area contributed by atoms with Crippen LogP contribution in [0.3, 0.4) is 0 Å². The highest BCUT2D eigenvalue weighted by Crippen LogP contribution is 2.35. The lowest BCUT2D eigenvalue weighted by molar-refractivity contribution is -0.121. The summed E-state index contributed by atoms with van der Waals surface area (Å²) in [6.45, 7) is 0.203. The molecular formula is C19H17ClN4O4. The normalized spacial score (nSPS) is 13.1. The second-order valence-corrected chi connectivity index (χ2v) is 6.51. The Labute approximate surface area is 166 Å². The van der Waals surface area contributed by atoms with Crippen LogP contribution in [-0.2, 0) is 11.3 Å². The predicted octanol–water partition coefficient (Wildman–Crippen LogP) is 2.86. The van der Waals surface area contributed by atoms with Crippen LogP contribution < -0.4 is 19.1 Å². The molecule has 0 radical (unpaired) electrons. The molecule has 0 unspecified atom stereocenters. The summed E-state index contributed by atoms with van der Waals surface area (Å²) in [6.07, 6.45) is 1.74. The van der Waals surface area contributed by atoms with Gasteiger partial charge in [-0.2, -0.15) is 0 Å². The first-order valence-electron chi connectivity index (χ1n) is 8.45. The van der Waals surface area contributed by atoms with Gasteiger partial charge >= 0.3 is 0 Å². The van der Waals surface area contributed by atoms with E-state index < -0.39 is 0 Å². The summed E-state index contributed by atoms with van der Waals surface area (Å²) < 4.78 is 17.7. The molecule has 1 aliphatic rings. The van der Waals surface area contributed by atoms with Crippen LogP contribution in [0.4, 0.5) is 5.69 Å². The van der Waals surface area contributed by atoms with E-state index in [4.69, 9.17) is 25.8 Å². The lowest BCUT2D eigenvalue weighted by Crippen LogP contribution is -2.38. The first-order valence-corrected chi connectivity index (χ1v) is 8.83. The summed E-state index contributed by atoms with van der Waals surface area (Å²) in [6, 6.07) is 10.6. The van der Waals surface area contributed by atoms with E-state index in [1.807, 2.05) is 0 Å². The van der Waals surface area contributed by atoms with E-state index in [9.17, 15) is 4.79 Å². The van der Waals surface area contributed by atoms with Gasteiger partial charge in [0.1, 0.15) is 28.6 Å². The number of nitrogens with zero attached hydrogens (tertiary/aromatic N) is 4. The van der Waals surface area contributed by atoms with Gasteiger partial charge in [0, 0.05) is 11.1 Å². The molecule has 0 N–H and O–H groups in total. The molecular weight excluding hydrogens is 384 g/mol. The number of benzene rings is 2. The number of rotatable bonds is 5. The number of ether oxygens (including phenoxy) is 3. The third-order valence-corrected chi connectivity index (χ3v) is 4.59. The molecule has 0 bridgehead atoms. The number of amides is 1. The molecule has 3 aromatic rings. The van der Waals surface area contributed by atoms with Crippen molar-refractivity contribution in [2.75, 3.05) is 25.7 Å². The second-order valence-electron chi connectivity index (χ2n) is 6.07. The minimum Gasteiger partial charge on any atom is -0.497 e. The largest absolute Gasteiger partial charge is 0.497 e. The predicted molar refractivity (Wildman–Crippen MR) is 103 cm³/mol. The van der Waals surface area contributed by atoms with Gasteiger partial charge in [0.15, 0.2) is 6.61 Å². The van der Waals surface area contributed by atoms with Crippen molar-refractivity contribution in [1.82, 2.24) is 15.0 Å². The summed E-state index contributed by atoms with van der Waals surface area (Å²) >= 11 is 6.09. The molecule has 0 saturated carbocycles. The molecule has 9 heteroatoms. The van der Waals surface area contributed by atoms with Gasteiger partial charge in [-0.1, -0.05) is 16.8 Å². The fraction of sp³-hybridized carbons (Fsp3) is 0.211. The number of carbonyl (C=O) groups excluding carboxylic acids is 1. The number of carbonyl (C=O) groups is 1. The minimum atomic E-state index is -0.178. The molecule has 1 aromatic heterocycles. The van der Waals surface area contributed by atoms with Crippen molar-refractivity contribution < 1.29 is 19.0 Å². The van der Waals surface area contributed by atoms with Gasteiger partial charge in [-0.15, -0.1) is 5.10 Å². The zero-order valence-electron chi connectivity index (χ0n) is 15.3. The SMILES string of the molecule is COc1ccc(OC)c(-n2cc(CN3C(=O)COc4ccc(Cl)cc43)nn2)c1. The fourth-order valence-electron chi connectivity index (χ4n) is 2.98. The van der Waals surface area contributed by atoms with Crippen molar-refractivity contribution in [2.24, 2.45) is 0 Å². The highest BCUT2D eigenvalue weighted by atomic mass is 35.5. The van der Waals surface area contributed by atoms with Gasteiger partial charge in [-0.3, -0.25) is 9.69 Å². The molecule has 144 valence electrons. The van der Waals surface area contributed by atoms with E-state index in [-0.39, 0.29) is 19.1 Å². The summed E-state index contributed by atoms with van der Waals surface area (Å²) in [5.41, 5.74) is 1.89. The van der Waals surface area contributed by atoms with Crippen molar-refractivity contribution in [3.63, 3.8) is 0 Å². The molecule has 2 heterocycles. The Bertz CT molecular complexity index is 1040. The Morgan fingerprint density at radius 1 is 1.14 bits per heavy atom. The van der Waals surface area contributed by atoms with E-state index in [1.165, 1.54) is 0 Å². The molecule has 1 aliphatic heterocycles. The second kappa shape index (κ2) is 7.40. The van der Waals surface area contributed by atoms with Crippen LogP contribution in [0.5, 0.6) is 17.2 Å². The van der Waals surface area contributed by atoms with Crippen LogP contribution in [0.1, 0.15) is 5.69 Å². The van der Waals surface area contributed by atoms with E-state index in [2.05, 4.69) is 10.3 Å². The molecule has 2 aromatic carbocycles. The first kappa shape index (κ1) is 18.1. The van der Waals surface area contributed by atoms with Gasteiger partial charge < -0.3 is 14.2 Å². The molecule has 4 rings (SSSR count). The Kier molecular flexibility index (Phi) is 4.79. The van der Waals surface area contributed by atoms with Crippen molar-refractivity contribution in [2.45, 2.75) is 6.54 Å². The standard InChI is InChI=1S/C19H17ClN4O4/c1-26-14-4-6-17(27-2)16(8-14)24-10-13(21-22-24)9-23-15-7-12(20)3-5-18(15)28-11-19(23)25/h3-8,10H,9,11H2,1-2H3. The number of methoxy groups -OCH3 is 2. The summed E-state index contributed by atoms with van der Waals surface area (Å²) in [7, 11) is 3.17. The number of fused-ring (bicyclic) bond motifs is 1. The van der Waals surface area contributed by atoms with Crippen molar-refractivity contribution >= 4 is 23.2 Å². The van der Waals surface area contributed by atoms with E-state index in [1.54, 1.807) is 66.4 Å². The van der Waals surface area contributed by atoms with Crippen LogP contribution in [0, 0.1) is 0 Å². The number of halogens is 1. The average Bonchev–Trinajstić information content (AvgIpc) is 3.18. The highest BCUT2D eigenvalue weighted by Gasteiger charge is 2.27. The lowest BCUT2D eigenvalue weighted by Gasteiger charge is -2.28. The summed E-state index contributed by atoms with van der Waals surface area (Å²) in [5, 5.41) is 8.89. The Hall–Kier alpha value is -3.26. The maximum Gasteiger partial charge on any atom is 0.265 e. The quantitative estimate of drug-likeness (QED) is 0.655. The maximum absolute atomic E-state index is 12.4. The monoisotopic (exact) mass is 400 g/mol. The van der Waals surface area contributed by atoms with Crippen LogP contribution in [0.25, 0.3) is 5.69 Å². The summed E-state index contributed by atoms with van der Waals surface area (Å²) in [5.74, 6) is 1.71. The van der Waals surface area contributed by atoms with Gasteiger partial charge in [-0.25, -0.2) is 4.68 Å². The number of anilines is 1. The molecule has 0 fully saturated rings. The number of hydrogen-bond donors (Lipinski definition) is 0. The minimum absolute atomic E-state index is 0.0352. The van der Waals surface area contributed by atoms with Crippen molar-refractivity contribution in [3.8, 4) is 22.9 Å². The lowest BCUT2D eigenvalue weighted by atomic mass is 10.2. The van der Waals surface area contributed by atoms with E-state index >= 15 is 0 Å². The van der Waals surface area contributed by atoms with Gasteiger partial charge in [0.2, 0.25) is 0 Å². The smallest absolute Gasteiger partial charge is 0.265 e. The zero-order valence-corrected chi connectivity index (χ0v) is 16.0. The number of hydrogen-bond acceptors (Lipinski definition) is 6. The first-order chi connectivity index (χ1) is 13.6.